The largest absolute Gasteiger partial charge is 0.359 e. The standard InChI is InChI=1S/C11H17N3O/c1-12-11(15)5-3-7-14-9-10-4-2-6-13-8-10/h2,4,6,8,14H,3,5,7,9H2,1H3,(H,12,15). The van der Waals surface area contributed by atoms with Crippen molar-refractivity contribution in [2.45, 2.75) is 19.4 Å². The molecule has 0 saturated heterocycles. The van der Waals surface area contributed by atoms with Crippen LogP contribution in [0, 0.1) is 0 Å². The zero-order chi connectivity index (χ0) is 10.9. The molecule has 0 spiro atoms. The summed E-state index contributed by atoms with van der Waals surface area (Å²) < 4.78 is 0. The Kier molecular flexibility index (Phi) is 5.40. The molecule has 1 amide bonds. The monoisotopic (exact) mass is 207 g/mol. The summed E-state index contributed by atoms with van der Waals surface area (Å²) in [6.07, 6.45) is 5.04. The Balaban J connectivity index is 2.05. The van der Waals surface area contributed by atoms with Gasteiger partial charge in [-0.25, -0.2) is 0 Å². The van der Waals surface area contributed by atoms with Crippen LogP contribution in [-0.4, -0.2) is 24.5 Å². The molecule has 0 aliphatic heterocycles. The van der Waals surface area contributed by atoms with Crippen LogP contribution in [0.2, 0.25) is 0 Å². The van der Waals surface area contributed by atoms with Crippen molar-refractivity contribution < 1.29 is 4.79 Å². The van der Waals surface area contributed by atoms with E-state index in [1.54, 1.807) is 13.2 Å². The highest BCUT2D eigenvalue weighted by Gasteiger charge is 1.96. The maximum absolute atomic E-state index is 10.9. The minimum atomic E-state index is 0.0955. The fourth-order valence-corrected chi connectivity index (χ4v) is 1.23. The van der Waals surface area contributed by atoms with Gasteiger partial charge in [-0.05, 0) is 24.6 Å². The molecule has 15 heavy (non-hydrogen) atoms. The number of hydrogen-bond acceptors (Lipinski definition) is 3. The van der Waals surface area contributed by atoms with Gasteiger partial charge in [0.1, 0.15) is 0 Å². The van der Waals surface area contributed by atoms with E-state index >= 15 is 0 Å². The fraction of sp³-hybridized carbons (Fsp3) is 0.455. The molecule has 0 radical (unpaired) electrons. The molecule has 82 valence electrons. The Bertz CT molecular complexity index is 287. The average molecular weight is 207 g/mol. The molecule has 0 unspecified atom stereocenters. The van der Waals surface area contributed by atoms with Crippen molar-refractivity contribution in [2.24, 2.45) is 0 Å². The van der Waals surface area contributed by atoms with E-state index in [0.29, 0.717) is 6.42 Å². The van der Waals surface area contributed by atoms with Crippen LogP contribution in [-0.2, 0) is 11.3 Å². The van der Waals surface area contributed by atoms with E-state index < -0.39 is 0 Å². The third-order valence-electron chi connectivity index (χ3n) is 2.09. The van der Waals surface area contributed by atoms with Crippen LogP contribution in [0.5, 0.6) is 0 Å². The van der Waals surface area contributed by atoms with Gasteiger partial charge in [0, 0.05) is 32.4 Å². The summed E-state index contributed by atoms with van der Waals surface area (Å²) in [5.41, 5.74) is 1.16. The van der Waals surface area contributed by atoms with Gasteiger partial charge in [0.15, 0.2) is 0 Å². The van der Waals surface area contributed by atoms with Crippen molar-refractivity contribution in [1.29, 1.82) is 0 Å². The number of nitrogens with one attached hydrogen (secondary N) is 2. The molecule has 0 bridgehead atoms. The van der Waals surface area contributed by atoms with Gasteiger partial charge in [-0.1, -0.05) is 6.07 Å². The van der Waals surface area contributed by atoms with E-state index in [9.17, 15) is 4.79 Å². The molecular formula is C11H17N3O. The second-order valence-corrected chi connectivity index (χ2v) is 3.31. The molecule has 1 aromatic heterocycles. The first-order chi connectivity index (χ1) is 7.33. The zero-order valence-electron chi connectivity index (χ0n) is 8.99. The van der Waals surface area contributed by atoms with E-state index in [2.05, 4.69) is 15.6 Å². The quantitative estimate of drug-likeness (QED) is 0.675. The van der Waals surface area contributed by atoms with Gasteiger partial charge >= 0.3 is 0 Å². The number of amides is 1. The number of nitrogens with zero attached hydrogens (tertiary/aromatic N) is 1. The topological polar surface area (TPSA) is 54.0 Å². The van der Waals surface area contributed by atoms with Crippen LogP contribution < -0.4 is 10.6 Å². The van der Waals surface area contributed by atoms with Crippen LogP contribution in [0.1, 0.15) is 18.4 Å². The van der Waals surface area contributed by atoms with Gasteiger partial charge in [-0.3, -0.25) is 9.78 Å². The Labute approximate surface area is 90.1 Å². The van der Waals surface area contributed by atoms with Crippen molar-refractivity contribution in [2.75, 3.05) is 13.6 Å². The molecule has 0 saturated carbocycles. The van der Waals surface area contributed by atoms with Crippen molar-refractivity contribution in [1.82, 2.24) is 15.6 Å². The normalized spacial score (nSPS) is 9.93. The van der Waals surface area contributed by atoms with Crippen molar-refractivity contribution >= 4 is 5.91 Å². The van der Waals surface area contributed by atoms with Crippen LogP contribution in [0.3, 0.4) is 0 Å². The van der Waals surface area contributed by atoms with Crippen LogP contribution >= 0.6 is 0 Å². The maximum atomic E-state index is 10.9. The highest BCUT2D eigenvalue weighted by atomic mass is 16.1. The lowest BCUT2D eigenvalue weighted by Crippen LogP contribution is -2.20. The van der Waals surface area contributed by atoms with Crippen molar-refractivity contribution in [3.63, 3.8) is 0 Å². The molecular weight excluding hydrogens is 190 g/mol. The summed E-state index contributed by atoms with van der Waals surface area (Å²) in [6.45, 7) is 1.66. The number of carbonyl (C=O) groups is 1. The minimum Gasteiger partial charge on any atom is -0.359 e. The van der Waals surface area contributed by atoms with Gasteiger partial charge in [0.2, 0.25) is 5.91 Å². The second-order valence-electron chi connectivity index (χ2n) is 3.31. The average Bonchev–Trinajstić information content (AvgIpc) is 2.29. The van der Waals surface area contributed by atoms with Gasteiger partial charge in [-0.15, -0.1) is 0 Å². The van der Waals surface area contributed by atoms with E-state index in [-0.39, 0.29) is 5.91 Å². The lowest BCUT2D eigenvalue weighted by molar-refractivity contribution is -0.120. The molecule has 1 rings (SSSR count). The first kappa shape index (κ1) is 11.7. The second kappa shape index (κ2) is 6.95. The molecule has 0 aliphatic rings. The highest BCUT2D eigenvalue weighted by molar-refractivity contribution is 5.75. The molecule has 1 aromatic rings. The number of aromatic nitrogens is 1. The summed E-state index contributed by atoms with van der Waals surface area (Å²) in [5, 5.41) is 5.86. The van der Waals surface area contributed by atoms with Crippen LogP contribution in [0.4, 0.5) is 0 Å². The van der Waals surface area contributed by atoms with Gasteiger partial charge in [-0.2, -0.15) is 0 Å². The van der Waals surface area contributed by atoms with Crippen molar-refractivity contribution in [3.8, 4) is 0 Å². The molecule has 0 atom stereocenters. The Morgan fingerprint density at radius 3 is 3.07 bits per heavy atom. The number of pyridine rings is 1. The first-order valence-corrected chi connectivity index (χ1v) is 5.13. The predicted octanol–water partition coefficient (Wildman–Crippen LogP) is 0.697. The molecule has 4 nitrogen and oxygen atoms in total. The number of carbonyl (C=O) groups excluding carboxylic acids is 1. The minimum absolute atomic E-state index is 0.0955. The van der Waals surface area contributed by atoms with E-state index in [4.69, 9.17) is 0 Å². The summed E-state index contributed by atoms with van der Waals surface area (Å²) in [5.74, 6) is 0.0955. The predicted molar refractivity (Wildman–Crippen MR) is 59.2 cm³/mol. The van der Waals surface area contributed by atoms with Gasteiger partial charge in [0.25, 0.3) is 0 Å². The van der Waals surface area contributed by atoms with E-state index in [0.717, 1.165) is 25.1 Å². The molecule has 0 aromatic carbocycles. The summed E-state index contributed by atoms with van der Waals surface area (Å²) in [6, 6.07) is 3.94. The molecule has 0 fully saturated rings. The lowest BCUT2D eigenvalue weighted by Gasteiger charge is -2.03. The zero-order valence-corrected chi connectivity index (χ0v) is 8.99. The Morgan fingerprint density at radius 2 is 2.40 bits per heavy atom. The Morgan fingerprint density at radius 1 is 1.53 bits per heavy atom. The SMILES string of the molecule is CNC(=O)CCCNCc1cccnc1. The van der Waals surface area contributed by atoms with E-state index in [1.165, 1.54) is 0 Å². The van der Waals surface area contributed by atoms with E-state index in [1.807, 2.05) is 18.3 Å². The van der Waals surface area contributed by atoms with Crippen molar-refractivity contribution in [3.05, 3.63) is 30.1 Å². The third kappa shape index (κ3) is 5.12. The number of rotatable bonds is 6. The molecule has 1 heterocycles. The number of hydrogen-bond donors (Lipinski definition) is 2. The fourth-order valence-electron chi connectivity index (χ4n) is 1.23. The maximum Gasteiger partial charge on any atom is 0.219 e. The Hall–Kier alpha value is -1.42. The van der Waals surface area contributed by atoms with Crippen LogP contribution in [0.25, 0.3) is 0 Å². The van der Waals surface area contributed by atoms with Crippen LogP contribution in [0.15, 0.2) is 24.5 Å². The molecule has 0 aliphatic carbocycles. The van der Waals surface area contributed by atoms with Gasteiger partial charge in [0.05, 0.1) is 0 Å². The van der Waals surface area contributed by atoms with Gasteiger partial charge < -0.3 is 10.6 Å². The highest BCUT2D eigenvalue weighted by Crippen LogP contribution is 1.94. The third-order valence-corrected chi connectivity index (χ3v) is 2.09. The smallest absolute Gasteiger partial charge is 0.219 e. The molecule has 2 N–H and O–H groups in total. The summed E-state index contributed by atoms with van der Waals surface area (Å²) in [7, 11) is 1.66. The molecule has 4 heteroatoms. The lowest BCUT2D eigenvalue weighted by atomic mass is 10.2. The first-order valence-electron chi connectivity index (χ1n) is 5.13. The summed E-state index contributed by atoms with van der Waals surface area (Å²) in [4.78, 5) is 14.9. The summed E-state index contributed by atoms with van der Waals surface area (Å²) >= 11 is 0.